The molecule has 0 radical (unpaired) electrons. The number of rotatable bonds is 2. The molecule has 3 unspecified atom stereocenters. The molecule has 0 heterocycles. The number of hydrogen-bond acceptors (Lipinski definition) is 3. The smallest absolute Gasteiger partial charge is 0.148 e. The second-order valence-corrected chi connectivity index (χ2v) is 3.24. The van der Waals surface area contributed by atoms with E-state index < -0.39 is 6.10 Å². The third-order valence-electron chi connectivity index (χ3n) is 2.45. The Bertz CT molecular complexity index is 138. The van der Waals surface area contributed by atoms with Gasteiger partial charge in [0, 0.05) is 12.0 Å². The molecule has 0 aromatic carbocycles. The monoisotopic (exact) mass is 157 g/mol. The summed E-state index contributed by atoms with van der Waals surface area (Å²) in [6, 6.07) is 0.0175. The van der Waals surface area contributed by atoms with Gasteiger partial charge in [0.15, 0.2) is 0 Å². The van der Waals surface area contributed by atoms with Crippen LogP contribution in [0.4, 0.5) is 0 Å². The highest BCUT2D eigenvalue weighted by atomic mass is 16.3. The summed E-state index contributed by atoms with van der Waals surface area (Å²) in [6.07, 6.45) is 3.80. The molecule has 0 bridgehead atoms. The summed E-state index contributed by atoms with van der Waals surface area (Å²) in [7, 11) is 0. The first-order valence-corrected chi connectivity index (χ1v) is 4.14. The summed E-state index contributed by atoms with van der Waals surface area (Å²) in [5.41, 5.74) is 5.74. The molecule has 0 spiro atoms. The van der Waals surface area contributed by atoms with Crippen LogP contribution in [0, 0.1) is 5.92 Å². The topological polar surface area (TPSA) is 63.3 Å². The van der Waals surface area contributed by atoms with Crippen molar-refractivity contribution in [1.29, 1.82) is 0 Å². The summed E-state index contributed by atoms with van der Waals surface area (Å²) in [5, 5.41) is 9.21. The van der Waals surface area contributed by atoms with Gasteiger partial charge < -0.3 is 15.6 Å². The SMILES string of the molecule is NC1CCCCC1C(O)C=O. The molecule has 1 aliphatic rings. The van der Waals surface area contributed by atoms with Gasteiger partial charge in [-0.25, -0.2) is 0 Å². The summed E-state index contributed by atoms with van der Waals surface area (Å²) >= 11 is 0. The van der Waals surface area contributed by atoms with E-state index in [-0.39, 0.29) is 12.0 Å². The van der Waals surface area contributed by atoms with E-state index in [4.69, 9.17) is 5.73 Å². The van der Waals surface area contributed by atoms with Crippen LogP contribution in [0.3, 0.4) is 0 Å². The Morgan fingerprint density at radius 1 is 1.45 bits per heavy atom. The summed E-state index contributed by atoms with van der Waals surface area (Å²) in [4.78, 5) is 10.2. The average Bonchev–Trinajstić information content (AvgIpc) is 2.04. The van der Waals surface area contributed by atoms with Gasteiger partial charge in [-0.1, -0.05) is 12.8 Å². The Kier molecular flexibility index (Phi) is 3.02. The number of hydrogen-bond donors (Lipinski definition) is 2. The van der Waals surface area contributed by atoms with Crippen molar-refractivity contribution in [3.05, 3.63) is 0 Å². The molecule has 1 fully saturated rings. The Morgan fingerprint density at radius 3 is 2.64 bits per heavy atom. The first-order chi connectivity index (χ1) is 5.25. The zero-order valence-corrected chi connectivity index (χ0v) is 6.57. The molecule has 3 atom stereocenters. The van der Waals surface area contributed by atoms with Crippen LogP contribution in [-0.4, -0.2) is 23.5 Å². The predicted molar refractivity (Wildman–Crippen MR) is 42.0 cm³/mol. The third-order valence-corrected chi connectivity index (χ3v) is 2.45. The first-order valence-electron chi connectivity index (χ1n) is 4.14. The molecule has 1 saturated carbocycles. The van der Waals surface area contributed by atoms with Crippen molar-refractivity contribution in [2.24, 2.45) is 11.7 Å². The lowest BCUT2D eigenvalue weighted by Gasteiger charge is -2.29. The van der Waals surface area contributed by atoms with E-state index in [2.05, 4.69) is 0 Å². The molecule has 3 nitrogen and oxygen atoms in total. The van der Waals surface area contributed by atoms with Gasteiger partial charge in [-0.2, -0.15) is 0 Å². The van der Waals surface area contributed by atoms with E-state index in [0.717, 1.165) is 25.7 Å². The standard InChI is InChI=1S/C8H15NO2/c9-7-4-2-1-3-6(7)8(11)5-10/h5-8,11H,1-4,9H2. The summed E-state index contributed by atoms with van der Waals surface area (Å²) in [5.74, 6) is 0.00116. The molecule has 3 heteroatoms. The molecule has 11 heavy (non-hydrogen) atoms. The summed E-state index contributed by atoms with van der Waals surface area (Å²) < 4.78 is 0. The van der Waals surface area contributed by atoms with E-state index in [1.807, 2.05) is 0 Å². The van der Waals surface area contributed by atoms with E-state index in [1.165, 1.54) is 0 Å². The van der Waals surface area contributed by atoms with Gasteiger partial charge in [-0.05, 0) is 12.8 Å². The van der Waals surface area contributed by atoms with Gasteiger partial charge in [-0.15, -0.1) is 0 Å². The fourth-order valence-electron chi connectivity index (χ4n) is 1.71. The maximum Gasteiger partial charge on any atom is 0.148 e. The molecule has 0 aliphatic heterocycles. The van der Waals surface area contributed by atoms with Gasteiger partial charge in [-0.3, -0.25) is 0 Å². The Labute approximate surface area is 66.6 Å². The fourth-order valence-corrected chi connectivity index (χ4v) is 1.71. The van der Waals surface area contributed by atoms with E-state index in [9.17, 15) is 9.90 Å². The normalized spacial score (nSPS) is 34.7. The van der Waals surface area contributed by atoms with E-state index in [0.29, 0.717) is 6.29 Å². The zero-order chi connectivity index (χ0) is 8.27. The minimum atomic E-state index is -0.842. The minimum absolute atomic E-state index is 0.00116. The number of nitrogens with two attached hydrogens (primary N) is 1. The van der Waals surface area contributed by atoms with Crippen molar-refractivity contribution in [2.75, 3.05) is 0 Å². The van der Waals surface area contributed by atoms with Crippen LogP contribution >= 0.6 is 0 Å². The largest absolute Gasteiger partial charge is 0.385 e. The van der Waals surface area contributed by atoms with Crippen molar-refractivity contribution >= 4 is 6.29 Å². The molecule has 0 saturated heterocycles. The van der Waals surface area contributed by atoms with Crippen LogP contribution in [0.2, 0.25) is 0 Å². The van der Waals surface area contributed by atoms with Gasteiger partial charge >= 0.3 is 0 Å². The van der Waals surface area contributed by atoms with Gasteiger partial charge in [0.2, 0.25) is 0 Å². The van der Waals surface area contributed by atoms with E-state index in [1.54, 1.807) is 0 Å². The number of carbonyl (C=O) groups is 1. The van der Waals surface area contributed by atoms with E-state index >= 15 is 0 Å². The predicted octanol–water partition coefficient (Wildman–Crippen LogP) is 0.0637. The second-order valence-electron chi connectivity index (χ2n) is 3.24. The number of aliphatic hydroxyl groups excluding tert-OH is 1. The van der Waals surface area contributed by atoms with Crippen LogP contribution in [0.15, 0.2) is 0 Å². The number of aliphatic hydroxyl groups is 1. The quantitative estimate of drug-likeness (QED) is 0.557. The molecular weight excluding hydrogens is 142 g/mol. The van der Waals surface area contributed by atoms with Crippen molar-refractivity contribution in [3.8, 4) is 0 Å². The maximum absolute atomic E-state index is 10.2. The van der Waals surface area contributed by atoms with Crippen LogP contribution in [0.25, 0.3) is 0 Å². The number of carbonyl (C=O) groups excluding carboxylic acids is 1. The van der Waals surface area contributed by atoms with Crippen molar-refractivity contribution < 1.29 is 9.90 Å². The molecule has 0 aromatic heterocycles. The van der Waals surface area contributed by atoms with Gasteiger partial charge in [0.25, 0.3) is 0 Å². The molecule has 0 amide bonds. The molecule has 1 aliphatic carbocycles. The fraction of sp³-hybridized carbons (Fsp3) is 0.875. The van der Waals surface area contributed by atoms with Crippen LogP contribution in [0.5, 0.6) is 0 Å². The molecular formula is C8H15NO2. The lowest BCUT2D eigenvalue weighted by molar-refractivity contribution is -0.118. The van der Waals surface area contributed by atoms with Gasteiger partial charge in [0.1, 0.15) is 12.4 Å². The van der Waals surface area contributed by atoms with Crippen LogP contribution in [0.1, 0.15) is 25.7 Å². The molecule has 64 valence electrons. The second kappa shape index (κ2) is 3.83. The lowest BCUT2D eigenvalue weighted by atomic mass is 9.82. The molecule has 3 N–H and O–H groups in total. The van der Waals surface area contributed by atoms with Crippen molar-refractivity contribution in [3.63, 3.8) is 0 Å². The van der Waals surface area contributed by atoms with Crippen LogP contribution < -0.4 is 5.73 Å². The Hall–Kier alpha value is -0.410. The highest BCUT2D eigenvalue weighted by Crippen LogP contribution is 2.24. The Morgan fingerprint density at radius 2 is 2.09 bits per heavy atom. The first kappa shape index (κ1) is 8.68. The maximum atomic E-state index is 10.2. The average molecular weight is 157 g/mol. The lowest BCUT2D eigenvalue weighted by Crippen LogP contribution is -2.40. The van der Waals surface area contributed by atoms with Gasteiger partial charge in [0.05, 0.1) is 0 Å². The zero-order valence-electron chi connectivity index (χ0n) is 6.57. The van der Waals surface area contributed by atoms with Crippen molar-refractivity contribution in [1.82, 2.24) is 0 Å². The minimum Gasteiger partial charge on any atom is -0.385 e. The molecule has 0 aromatic rings. The van der Waals surface area contributed by atoms with Crippen molar-refractivity contribution in [2.45, 2.75) is 37.8 Å². The summed E-state index contributed by atoms with van der Waals surface area (Å²) in [6.45, 7) is 0. The molecule has 1 rings (SSSR count). The highest BCUT2D eigenvalue weighted by Gasteiger charge is 2.27. The highest BCUT2D eigenvalue weighted by molar-refractivity contribution is 5.56. The third kappa shape index (κ3) is 2.01. The Balaban J connectivity index is 2.46. The van der Waals surface area contributed by atoms with Crippen LogP contribution in [-0.2, 0) is 4.79 Å². The number of aldehydes is 1.